The van der Waals surface area contributed by atoms with Gasteiger partial charge in [-0.3, -0.25) is 4.98 Å². The van der Waals surface area contributed by atoms with E-state index in [1.165, 1.54) is 11.1 Å². The van der Waals surface area contributed by atoms with Crippen LogP contribution in [0.15, 0.2) is 139 Å². The van der Waals surface area contributed by atoms with Crippen LogP contribution in [0.2, 0.25) is 0 Å². The number of nitrogens with zero attached hydrogens (tertiary/aromatic N) is 4. The molecule has 9 rings (SSSR count). The molecule has 0 spiro atoms. The predicted octanol–water partition coefficient (Wildman–Crippen LogP) is 6.95. The van der Waals surface area contributed by atoms with Crippen LogP contribution in [0.3, 0.4) is 0 Å². The minimum atomic E-state index is -0.183. The minimum Gasteiger partial charge on any atom is -0.468 e. The lowest BCUT2D eigenvalue weighted by Crippen LogP contribution is -2.39. The number of aromatic nitrogens is 3. The summed E-state index contributed by atoms with van der Waals surface area (Å²) in [4.78, 5) is 17.2. The molecule has 5 atom stereocenters. The molecule has 46 heavy (non-hydrogen) atoms. The normalized spacial score (nSPS) is 25.6. The number of dihydropyridines is 1. The van der Waals surface area contributed by atoms with Gasteiger partial charge in [0.25, 0.3) is 0 Å². The van der Waals surface area contributed by atoms with E-state index in [9.17, 15) is 0 Å². The van der Waals surface area contributed by atoms with E-state index in [0.29, 0.717) is 17.8 Å². The summed E-state index contributed by atoms with van der Waals surface area (Å²) in [7, 11) is 0. The molecule has 5 unspecified atom stereocenters. The highest BCUT2D eigenvalue weighted by molar-refractivity contribution is 5.77. The molecule has 0 bridgehead atoms. The molecule has 1 saturated heterocycles. The monoisotopic (exact) mass is 602 g/mol. The molecule has 5 aliphatic rings. The summed E-state index contributed by atoms with van der Waals surface area (Å²) in [6.07, 6.45) is 21.2. The van der Waals surface area contributed by atoms with Crippen molar-refractivity contribution < 1.29 is 4.74 Å². The molecule has 0 amide bonds. The van der Waals surface area contributed by atoms with Crippen LogP contribution in [-0.4, -0.2) is 33.6 Å². The molecule has 0 saturated carbocycles. The van der Waals surface area contributed by atoms with Crippen molar-refractivity contribution in [3.8, 4) is 22.6 Å². The van der Waals surface area contributed by atoms with E-state index in [-0.39, 0.29) is 18.2 Å². The van der Waals surface area contributed by atoms with E-state index in [4.69, 9.17) is 14.7 Å². The lowest BCUT2D eigenvalue weighted by molar-refractivity contribution is 0.101. The van der Waals surface area contributed by atoms with Crippen LogP contribution < -0.4 is 15.5 Å². The van der Waals surface area contributed by atoms with Gasteiger partial charge in [-0.25, -0.2) is 9.97 Å². The smallest absolute Gasteiger partial charge is 0.196 e. The first-order chi connectivity index (χ1) is 22.8. The summed E-state index contributed by atoms with van der Waals surface area (Å²) in [5.74, 6) is 3.22. The highest BCUT2D eigenvalue weighted by atomic mass is 16.5. The number of rotatable bonds is 5. The predicted molar refractivity (Wildman–Crippen MR) is 181 cm³/mol. The molecule has 7 heteroatoms. The van der Waals surface area contributed by atoms with Crippen molar-refractivity contribution in [3.63, 3.8) is 0 Å². The number of hydrogen-bond donors (Lipinski definition) is 2. The zero-order valence-corrected chi connectivity index (χ0v) is 25.3. The fourth-order valence-electron chi connectivity index (χ4n) is 7.65. The summed E-state index contributed by atoms with van der Waals surface area (Å²) in [5.41, 5.74) is 7.57. The lowest BCUT2D eigenvalue weighted by Gasteiger charge is -2.33. The first kappa shape index (κ1) is 26.9. The van der Waals surface area contributed by atoms with Gasteiger partial charge in [-0.15, -0.1) is 0 Å². The van der Waals surface area contributed by atoms with Crippen molar-refractivity contribution in [2.75, 3.05) is 11.4 Å². The number of anilines is 1. The number of nitrogens with one attached hydrogen (secondary N) is 2. The first-order valence-electron chi connectivity index (χ1n) is 16.2. The summed E-state index contributed by atoms with van der Waals surface area (Å²) >= 11 is 0. The van der Waals surface area contributed by atoms with Crippen molar-refractivity contribution in [1.29, 1.82) is 0 Å². The molecule has 3 aliphatic heterocycles. The van der Waals surface area contributed by atoms with E-state index < -0.39 is 0 Å². The van der Waals surface area contributed by atoms with Crippen LogP contribution in [0.25, 0.3) is 28.2 Å². The number of hydrogen-bond acceptors (Lipinski definition) is 7. The van der Waals surface area contributed by atoms with Gasteiger partial charge in [0, 0.05) is 53.7 Å². The Labute approximate surface area is 268 Å². The molecule has 4 aromatic rings. The molecular formula is C39H34N6O. The van der Waals surface area contributed by atoms with Crippen molar-refractivity contribution >= 4 is 11.4 Å². The zero-order valence-electron chi connectivity index (χ0n) is 25.3. The Morgan fingerprint density at radius 1 is 0.848 bits per heavy atom. The largest absolute Gasteiger partial charge is 0.468 e. The second kappa shape index (κ2) is 11.2. The Morgan fingerprint density at radius 3 is 2.52 bits per heavy atom. The fourth-order valence-corrected chi connectivity index (χ4v) is 7.65. The SMILES string of the molecule is C1=CC2C3C4=C(C=CC3N(c3cc(-c5ccc(C6=CCNC=C6)cc5)nc(-c5ccncc5)n3)C2CC1)NC(c1ccccc1)O4. The van der Waals surface area contributed by atoms with Gasteiger partial charge < -0.3 is 20.3 Å². The number of allylic oxidation sites excluding steroid dienone is 4. The van der Waals surface area contributed by atoms with Gasteiger partial charge >= 0.3 is 0 Å². The van der Waals surface area contributed by atoms with Gasteiger partial charge in [0.1, 0.15) is 11.6 Å². The Hall–Kier alpha value is -5.43. The van der Waals surface area contributed by atoms with E-state index in [1.807, 2.05) is 24.4 Å². The second-order valence-electron chi connectivity index (χ2n) is 12.4. The Kier molecular flexibility index (Phi) is 6.54. The van der Waals surface area contributed by atoms with Gasteiger partial charge in [-0.2, -0.15) is 0 Å². The number of pyridine rings is 1. The molecule has 226 valence electrons. The third kappa shape index (κ3) is 4.62. The average molecular weight is 603 g/mol. The molecule has 7 nitrogen and oxygen atoms in total. The van der Waals surface area contributed by atoms with Crippen molar-refractivity contribution in [3.05, 3.63) is 150 Å². The van der Waals surface area contributed by atoms with Crippen LogP contribution in [0, 0.1) is 11.8 Å². The van der Waals surface area contributed by atoms with Crippen molar-refractivity contribution in [1.82, 2.24) is 25.6 Å². The number of benzene rings is 2. The topological polar surface area (TPSA) is 75.2 Å². The van der Waals surface area contributed by atoms with E-state index >= 15 is 0 Å². The van der Waals surface area contributed by atoms with Gasteiger partial charge in [0.05, 0.1) is 23.4 Å². The molecule has 5 heterocycles. The van der Waals surface area contributed by atoms with Gasteiger partial charge in [-0.05, 0) is 54.5 Å². The lowest BCUT2D eigenvalue weighted by atomic mass is 9.79. The Bertz CT molecular complexity index is 1930. The van der Waals surface area contributed by atoms with Crippen LogP contribution in [0.4, 0.5) is 5.82 Å². The zero-order chi connectivity index (χ0) is 30.5. The Morgan fingerprint density at radius 2 is 1.70 bits per heavy atom. The van der Waals surface area contributed by atoms with Crippen LogP contribution >= 0.6 is 0 Å². The van der Waals surface area contributed by atoms with Gasteiger partial charge in [0.15, 0.2) is 12.1 Å². The summed E-state index contributed by atoms with van der Waals surface area (Å²) in [5, 5.41) is 6.88. The van der Waals surface area contributed by atoms with Crippen LogP contribution in [-0.2, 0) is 4.74 Å². The number of ether oxygens (including phenoxy) is 1. The fraction of sp³-hybridized carbons (Fsp3) is 0.205. The molecular weight excluding hydrogens is 568 g/mol. The molecule has 2 aromatic carbocycles. The second-order valence-corrected chi connectivity index (χ2v) is 12.4. The standard InChI is InChI=1S/C39H34N6O/c1-2-6-29(7-3-1)39-43-31-14-15-34-36(37(31)46-39)30-8-4-5-9-33(30)45(34)35-24-32(42-38(44-35)28-18-22-41-23-19-28)27-12-10-25(11-13-27)26-16-20-40-21-17-26/h1-4,6-8,10-20,22-24,30,33-34,36,39-40,43H,5,9,21H2. The van der Waals surface area contributed by atoms with E-state index in [2.05, 4.69) is 112 Å². The maximum Gasteiger partial charge on any atom is 0.196 e. The molecule has 2 aromatic heterocycles. The highest BCUT2D eigenvalue weighted by Gasteiger charge is 2.53. The summed E-state index contributed by atoms with van der Waals surface area (Å²) < 4.78 is 6.75. The summed E-state index contributed by atoms with van der Waals surface area (Å²) in [6.45, 7) is 0.842. The van der Waals surface area contributed by atoms with Crippen molar-refractivity contribution in [2.45, 2.75) is 31.2 Å². The third-order valence-corrected chi connectivity index (χ3v) is 9.81. The Balaban J connectivity index is 1.11. The van der Waals surface area contributed by atoms with E-state index in [1.54, 1.807) is 12.4 Å². The van der Waals surface area contributed by atoms with Crippen molar-refractivity contribution in [2.24, 2.45) is 11.8 Å². The number of fused-ring (bicyclic) bond motifs is 4. The molecule has 1 fully saturated rings. The van der Waals surface area contributed by atoms with Gasteiger partial charge in [0.2, 0.25) is 0 Å². The maximum atomic E-state index is 6.75. The third-order valence-electron chi connectivity index (χ3n) is 9.81. The minimum absolute atomic E-state index is 0.113. The van der Waals surface area contributed by atoms with Crippen LogP contribution in [0.5, 0.6) is 0 Å². The average Bonchev–Trinajstić information content (AvgIpc) is 3.72. The van der Waals surface area contributed by atoms with Crippen LogP contribution in [0.1, 0.15) is 30.2 Å². The van der Waals surface area contributed by atoms with E-state index in [0.717, 1.165) is 59.0 Å². The highest BCUT2D eigenvalue weighted by Crippen LogP contribution is 2.51. The maximum absolute atomic E-state index is 6.75. The van der Waals surface area contributed by atoms with Gasteiger partial charge in [-0.1, -0.05) is 78.9 Å². The quantitative estimate of drug-likeness (QED) is 0.240. The molecule has 2 N–H and O–H groups in total. The molecule has 0 radical (unpaired) electrons. The molecule has 2 aliphatic carbocycles. The summed E-state index contributed by atoms with van der Waals surface area (Å²) in [6, 6.07) is 25.7. The first-order valence-corrected chi connectivity index (χ1v) is 16.2.